The molecule has 0 saturated carbocycles. The summed E-state index contributed by atoms with van der Waals surface area (Å²) in [7, 11) is 1.57. The van der Waals surface area contributed by atoms with Crippen LogP contribution in [0, 0.1) is 0 Å². The molecule has 144 valence electrons. The summed E-state index contributed by atoms with van der Waals surface area (Å²) in [5.41, 5.74) is 1.54. The van der Waals surface area contributed by atoms with Gasteiger partial charge in [0.1, 0.15) is 11.8 Å². The van der Waals surface area contributed by atoms with E-state index in [2.05, 4.69) is 20.8 Å². The fourth-order valence-corrected chi connectivity index (χ4v) is 2.46. The minimum absolute atomic E-state index is 0.0854. The van der Waals surface area contributed by atoms with E-state index in [0.29, 0.717) is 11.5 Å². The van der Waals surface area contributed by atoms with Gasteiger partial charge < -0.3 is 19.9 Å². The number of nitrogens with zero attached hydrogens (tertiary/aromatic N) is 2. The molecule has 1 aromatic carbocycles. The first kappa shape index (κ1) is 19.1. The van der Waals surface area contributed by atoms with Crippen LogP contribution in [0.2, 0.25) is 0 Å². The van der Waals surface area contributed by atoms with Gasteiger partial charge in [-0.3, -0.25) is 14.6 Å². The number of methoxy groups -OCH3 is 1. The maximum Gasteiger partial charge on any atom is 0.274 e. The highest BCUT2D eigenvalue weighted by atomic mass is 16.5. The lowest BCUT2D eigenvalue weighted by atomic mass is 10.1. The number of hydrogen-bond acceptors (Lipinski definition) is 6. The predicted molar refractivity (Wildman–Crippen MR) is 102 cm³/mol. The van der Waals surface area contributed by atoms with Crippen LogP contribution in [0.3, 0.4) is 0 Å². The summed E-state index contributed by atoms with van der Waals surface area (Å²) in [4.78, 5) is 28.6. The molecule has 0 aliphatic rings. The summed E-state index contributed by atoms with van der Waals surface area (Å²) >= 11 is 0. The average molecular weight is 380 g/mol. The van der Waals surface area contributed by atoms with Crippen molar-refractivity contribution < 1.29 is 18.8 Å². The van der Waals surface area contributed by atoms with Crippen LogP contribution in [0.5, 0.6) is 5.75 Å². The van der Waals surface area contributed by atoms with Crippen LogP contribution in [0.25, 0.3) is 11.3 Å². The van der Waals surface area contributed by atoms with Gasteiger partial charge in [-0.15, -0.1) is 0 Å². The van der Waals surface area contributed by atoms with Gasteiger partial charge >= 0.3 is 0 Å². The van der Waals surface area contributed by atoms with Gasteiger partial charge in [0, 0.05) is 17.8 Å². The molecule has 2 aromatic heterocycles. The van der Waals surface area contributed by atoms with Gasteiger partial charge in [-0.05, 0) is 31.2 Å². The molecule has 0 aliphatic carbocycles. The lowest BCUT2D eigenvalue weighted by molar-refractivity contribution is -0.122. The Hall–Kier alpha value is -3.68. The Morgan fingerprint density at radius 1 is 1.18 bits per heavy atom. The second-order valence-corrected chi connectivity index (χ2v) is 6.04. The van der Waals surface area contributed by atoms with E-state index < -0.39 is 11.9 Å². The highest BCUT2D eigenvalue weighted by Crippen LogP contribution is 2.24. The fraction of sp³-hybridized carbons (Fsp3) is 0.200. The molecule has 2 amide bonds. The molecule has 0 aliphatic heterocycles. The van der Waals surface area contributed by atoms with E-state index in [1.54, 1.807) is 44.5 Å². The van der Waals surface area contributed by atoms with E-state index in [4.69, 9.17) is 9.26 Å². The zero-order valence-electron chi connectivity index (χ0n) is 15.5. The van der Waals surface area contributed by atoms with Crippen LogP contribution in [-0.2, 0) is 11.3 Å². The first-order chi connectivity index (χ1) is 13.6. The van der Waals surface area contributed by atoms with Crippen LogP contribution in [-0.4, -0.2) is 35.1 Å². The topological polar surface area (TPSA) is 106 Å². The molecule has 3 aromatic rings. The number of ether oxygens (including phenoxy) is 1. The average Bonchev–Trinajstić information content (AvgIpc) is 3.23. The second kappa shape index (κ2) is 8.81. The van der Waals surface area contributed by atoms with Crippen LogP contribution < -0.4 is 15.4 Å². The van der Waals surface area contributed by atoms with Gasteiger partial charge in [0.2, 0.25) is 5.91 Å². The molecule has 8 heteroatoms. The molecule has 0 spiro atoms. The highest BCUT2D eigenvalue weighted by molar-refractivity contribution is 5.96. The standard InChI is InChI=1S/C20H20N4O4/c1-13(19(25)22-12-15-7-3-4-9-21-15)23-20(26)17-11-18(28-24-17)14-6-5-8-16(10-14)27-2/h3-11,13H,12H2,1-2H3,(H,22,25)(H,23,26)/t13-/m0/s1. The third-order valence-electron chi connectivity index (χ3n) is 4.01. The molecule has 2 heterocycles. The van der Waals surface area contributed by atoms with Gasteiger partial charge in [-0.25, -0.2) is 0 Å². The Bertz CT molecular complexity index is 956. The lowest BCUT2D eigenvalue weighted by Crippen LogP contribution is -2.44. The number of rotatable bonds is 7. The molecular weight excluding hydrogens is 360 g/mol. The fourth-order valence-electron chi connectivity index (χ4n) is 2.46. The number of carbonyl (C=O) groups is 2. The number of benzene rings is 1. The summed E-state index contributed by atoms with van der Waals surface area (Å²) in [5.74, 6) is 0.267. The molecule has 0 radical (unpaired) electrons. The van der Waals surface area contributed by atoms with Crippen molar-refractivity contribution >= 4 is 11.8 Å². The number of aromatic nitrogens is 2. The summed E-state index contributed by atoms with van der Waals surface area (Å²) in [6.07, 6.45) is 1.65. The number of carbonyl (C=O) groups excluding carboxylic acids is 2. The quantitative estimate of drug-likeness (QED) is 0.651. The van der Waals surface area contributed by atoms with Gasteiger partial charge in [0.25, 0.3) is 5.91 Å². The van der Waals surface area contributed by atoms with E-state index >= 15 is 0 Å². The minimum Gasteiger partial charge on any atom is -0.497 e. The van der Waals surface area contributed by atoms with E-state index in [1.807, 2.05) is 18.2 Å². The SMILES string of the molecule is COc1cccc(-c2cc(C(=O)N[C@@H](C)C(=O)NCc3ccccn3)no2)c1. The van der Waals surface area contributed by atoms with Crippen molar-refractivity contribution in [1.29, 1.82) is 0 Å². The number of hydrogen-bond donors (Lipinski definition) is 2. The third-order valence-corrected chi connectivity index (χ3v) is 4.01. The Morgan fingerprint density at radius 2 is 2.04 bits per heavy atom. The lowest BCUT2D eigenvalue weighted by Gasteiger charge is -2.12. The number of amides is 2. The Balaban J connectivity index is 1.58. The van der Waals surface area contributed by atoms with Crippen molar-refractivity contribution in [2.45, 2.75) is 19.5 Å². The van der Waals surface area contributed by atoms with Crippen molar-refractivity contribution in [3.8, 4) is 17.1 Å². The monoisotopic (exact) mass is 380 g/mol. The summed E-state index contributed by atoms with van der Waals surface area (Å²) in [5, 5.41) is 9.11. The van der Waals surface area contributed by atoms with Crippen LogP contribution >= 0.6 is 0 Å². The molecule has 28 heavy (non-hydrogen) atoms. The van der Waals surface area contributed by atoms with Crippen LogP contribution in [0.1, 0.15) is 23.1 Å². The van der Waals surface area contributed by atoms with Crippen molar-refractivity contribution in [2.24, 2.45) is 0 Å². The largest absolute Gasteiger partial charge is 0.497 e. The number of nitrogens with one attached hydrogen (secondary N) is 2. The molecule has 0 unspecified atom stereocenters. The third kappa shape index (κ3) is 4.73. The minimum atomic E-state index is -0.742. The van der Waals surface area contributed by atoms with E-state index in [-0.39, 0.29) is 18.1 Å². The molecule has 0 saturated heterocycles. The van der Waals surface area contributed by atoms with Gasteiger partial charge in [0.05, 0.1) is 19.3 Å². The second-order valence-electron chi connectivity index (χ2n) is 6.04. The molecule has 3 rings (SSSR count). The van der Waals surface area contributed by atoms with Crippen molar-refractivity contribution in [3.05, 3.63) is 66.1 Å². The summed E-state index contributed by atoms with van der Waals surface area (Å²) in [6, 6.07) is 13.4. The van der Waals surface area contributed by atoms with Gasteiger partial charge in [0.15, 0.2) is 11.5 Å². The molecular formula is C20H20N4O4. The van der Waals surface area contributed by atoms with Crippen LogP contribution in [0.4, 0.5) is 0 Å². The Kier molecular flexibility index (Phi) is 6.01. The predicted octanol–water partition coefficient (Wildman–Crippen LogP) is 2.18. The van der Waals surface area contributed by atoms with Crippen molar-refractivity contribution in [3.63, 3.8) is 0 Å². The zero-order valence-corrected chi connectivity index (χ0v) is 15.5. The van der Waals surface area contributed by atoms with Gasteiger partial charge in [-0.2, -0.15) is 0 Å². The van der Waals surface area contributed by atoms with E-state index in [0.717, 1.165) is 11.3 Å². The molecule has 2 N–H and O–H groups in total. The maximum atomic E-state index is 12.4. The van der Waals surface area contributed by atoms with Gasteiger partial charge in [-0.1, -0.05) is 23.4 Å². The van der Waals surface area contributed by atoms with E-state index in [9.17, 15) is 9.59 Å². The first-order valence-electron chi connectivity index (χ1n) is 8.66. The Morgan fingerprint density at radius 3 is 2.79 bits per heavy atom. The Labute approximate surface area is 161 Å². The number of pyridine rings is 1. The zero-order chi connectivity index (χ0) is 19.9. The van der Waals surface area contributed by atoms with Crippen LogP contribution in [0.15, 0.2) is 59.3 Å². The molecule has 1 atom stereocenters. The first-order valence-corrected chi connectivity index (χ1v) is 8.66. The van der Waals surface area contributed by atoms with Crippen molar-refractivity contribution in [1.82, 2.24) is 20.8 Å². The summed E-state index contributed by atoms with van der Waals surface area (Å²) < 4.78 is 10.4. The molecule has 8 nitrogen and oxygen atoms in total. The normalized spacial score (nSPS) is 11.5. The molecule has 0 fully saturated rings. The molecule has 0 bridgehead atoms. The van der Waals surface area contributed by atoms with Crippen molar-refractivity contribution in [2.75, 3.05) is 7.11 Å². The van der Waals surface area contributed by atoms with E-state index in [1.165, 1.54) is 6.07 Å². The maximum absolute atomic E-state index is 12.4. The summed E-state index contributed by atoms with van der Waals surface area (Å²) in [6.45, 7) is 1.87. The highest BCUT2D eigenvalue weighted by Gasteiger charge is 2.20. The smallest absolute Gasteiger partial charge is 0.274 e.